The largest absolute Gasteiger partial charge is 0.508 e. The maximum Gasteiger partial charge on any atom is 0.325 e. The molecule has 1 aromatic rings. The zero-order chi connectivity index (χ0) is 13.8. The van der Waals surface area contributed by atoms with Crippen LogP contribution in [0.5, 0.6) is 5.75 Å². The van der Waals surface area contributed by atoms with E-state index in [-0.39, 0.29) is 17.9 Å². The highest BCUT2D eigenvalue weighted by Gasteiger charge is 2.26. The lowest BCUT2D eigenvalue weighted by Crippen LogP contribution is -2.40. The molecule has 0 heterocycles. The highest BCUT2D eigenvalue weighted by atomic mass is 16.4. The average Bonchev–Trinajstić information content (AvgIpc) is 2.39. The molecule has 4 N–H and O–H groups in total. The summed E-state index contributed by atoms with van der Waals surface area (Å²) >= 11 is 0. The van der Waals surface area contributed by atoms with Crippen LogP contribution in [0.15, 0.2) is 24.3 Å². The first-order chi connectivity index (χ1) is 9.06. The first-order valence-electron chi connectivity index (χ1n) is 6.52. The first-order valence-corrected chi connectivity index (χ1v) is 6.52. The highest BCUT2D eigenvalue weighted by Crippen LogP contribution is 2.23. The van der Waals surface area contributed by atoms with Crippen molar-refractivity contribution in [3.63, 3.8) is 0 Å². The van der Waals surface area contributed by atoms with Crippen molar-refractivity contribution in [1.29, 1.82) is 0 Å². The van der Waals surface area contributed by atoms with Crippen molar-refractivity contribution in [3.05, 3.63) is 29.8 Å². The van der Waals surface area contributed by atoms with Crippen LogP contribution >= 0.6 is 0 Å². The van der Waals surface area contributed by atoms with Gasteiger partial charge < -0.3 is 15.3 Å². The van der Waals surface area contributed by atoms with Crippen molar-refractivity contribution in [3.8, 4) is 5.75 Å². The molecule has 1 fully saturated rings. The standard InChI is InChI=1S/C14H19NO4/c16-11-5-1-9(2-6-11)13(14(18)19)15-10-3-7-12(17)8-4-10/h1-2,5-6,10,12-13,15-17H,3-4,7-8H2,(H,18,19). The lowest BCUT2D eigenvalue weighted by molar-refractivity contribution is -0.140. The van der Waals surface area contributed by atoms with Gasteiger partial charge in [0, 0.05) is 6.04 Å². The summed E-state index contributed by atoms with van der Waals surface area (Å²) in [5.41, 5.74) is 0.622. The van der Waals surface area contributed by atoms with Crippen LogP contribution in [0.4, 0.5) is 0 Å². The minimum atomic E-state index is -0.934. The number of phenolic OH excluding ortho intramolecular Hbond substituents is 1. The molecule has 1 unspecified atom stereocenters. The molecular weight excluding hydrogens is 246 g/mol. The first kappa shape index (κ1) is 13.8. The molecule has 1 atom stereocenters. The molecule has 0 spiro atoms. The molecule has 2 rings (SSSR count). The van der Waals surface area contributed by atoms with Gasteiger partial charge in [-0.05, 0) is 43.4 Å². The van der Waals surface area contributed by atoms with Gasteiger partial charge in [-0.25, -0.2) is 0 Å². The Bertz CT molecular complexity index is 424. The molecule has 104 valence electrons. The zero-order valence-corrected chi connectivity index (χ0v) is 10.6. The van der Waals surface area contributed by atoms with Crippen LogP contribution in [0.2, 0.25) is 0 Å². The minimum Gasteiger partial charge on any atom is -0.508 e. The maximum atomic E-state index is 11.3. The fraction of sp³-hybridized carbons (Fsp3) is 0.500. The topological polar surface area (TPSA) is 89.8 Å². The lowest BCUT2D eigenvalue weighted by atomic mass is 9.92. The van der Waals surface area contributed by atoms with E-state index in [1.54, 1.807) is 12.1 Å². The summed E-state index contributed by atoms with van der Waals surface area (Å²) < 4.78 is 0. The Morgan fingerprint density at radius 2 is 1.74 bits per heavy atom. The number of nitrogens with one attached hydrogen (secondary N) is 1. The molecule has 0 amide bonds. The zero-order valence-electron chi connectivity index (χ0n) is 10.6. The third-order valence-electron chi connectivity index (χ3n) is 3.57. The van der Waals surface area contributed by atoms with Crippen molar-refractivity contribution in [2.45, 2.75) is 43.9 Å². The van der Waals surface area contributed by atoms with Crippen LogP contribution in [0, 0.1) is 0 Å². The number of hydrogen-bond acceptors (Lipinski definition) is 4. The third-order valence-corrected chi connectivity index (χ3v) is 3.57. The van der Waals surface area contributed by atoms with Gasteiger partial charge in [0.05, 0.1) is 6.10 Å². The fourth-order valence-electron chi connectivity index (χ4n) is 2.46. The van der Waals surface area contributed by atoms with Crippen LogP contribution in [0.1, 0.15) is 37.3 Å². The molecule has 19 heavy (non-hydrogen) atoms. The van der Waals surface area contributed by atoms with Gasteiger partial charge in [0.15, 0.2) is 0 Å². The van der Waals surface area contributed by atoms with Gasteiger partial charge in [0.25, 0.3) is 0 Å². The Kier molecular flexibility index (Phi) is 4.39. The van der Waals surface area contributed by atoms with Crippen LogP contribution in [0.3, 0.4) is 0 Å². The number of hydrogen-bond donors (Lipinski definition) is 4. The van der Waals surface area contributed by atoms with Gasteiger partial charge >= 0.3 is 5.97 Å². The van der Waals surface area contributed by atoms with E-state index in [2.05, 4.69) is 5.32 Å². The van der Waals surface area contributed by atoms with E-state index in [0.717, 1.165) is 12.8 Å². The Balaban J connectivity index is 2.04. The Hall–Kier alpha value is -1.59. The Morgan fingerprint density at radius 1 is 1.16 bits per heavy atom. The molecule has 0 saturated heterocycles. The average molecular weight is 265 g/mol. The van der Waals surface area contributed by atoms with Gasteiger partial charge in [-0.15, -0.1) is 0 Å². The number of phenols is 1. The van der Waals surface area contributed by atoms with Crippen LogP contribution in [-0.4, -0.2) is 33.4 Å². The van der Waals surface area contributed by atoms with Gasteiger partial charge in [-0.1, -0.05) is 12.1 Å². The second kappa shape index (κ2) is 6.04. The fourth-order valence-corrected chi connectivity index (χ4v) is 2.46. The molecule has 5 heteroatoms. The van der Waals surface area contributed by atoms with E-state index in [1.165, 1.54) is 12.1 Å². The van der Waals surface area contributed by atoms with Crippen molar-refractivity contribution in [1.82, 2.24) is 5.32 Å². The number of aliphatic hydroxyl groups is 1. The van der Waals surface area contributed by atoms with E-state index in [0.29, 0.717) is 18.4 Å². The smallest absolute Gasteiger partial charge is 0.325 e. The van der Waals surface area contributed by atoms with E-state index in [4.69, 9.17) is 0 Å². The van der Waals surface area contributed by atoms with Crippen molar-refractivity contribution >= 4 is 5.97 Å². The lowest BCUT2D eigenvalue weighted by Gasteiger charge is -2.29. The van der Waals surface area contributed by atoms with Gasteiger partial charge in [0.2, 0.25) is 0 Å². The number of aliphatic carboxylic acids is 1. The molecule has 1 aromatic carbocycles. The van der Waals surface area contributed by atoms with Gasteiger partial charge in [-0.2, -0.15) is 0 Å². The minimum absolute atomic E-state index is 0.110. The van der Waals surface area contributed by atoms with Crippen molar-refractivity contribution in [2.75, 3.05) is 0 Å². The van der Waals surface area contributed by atoms with Crippen LogP contribution < -0.4 is 5.32 Å². The van der Waals surface area contributed by atoms with Gasteiger partial charge in [-0.3, -0.25) is 10.1 Å². The van der Waals surface area contributed by atoms with E-state index in [9.17, 15) is 20.1 Å². The van der Waals surface area contributed by atoms with Crippen LogP contribution in [-0.2, 0) is 4.79 Å². The summed E-state index contributed by atoms with van der Waals surface area (Å²) in [6.45, 7) is 0. The van der Waals surface area contributed by atoms with E-state index >= 15 is 0 Å². The second-order valence-corrected chi connectivity index (χ2v) is 5.03. The highest BCUT2D eigenvalue weighted by molar-refractivity contribution is 5.75. The maximum absolute atomic E-state index is 11.3. The number of benzene rings is 1. The van der Waals surface area contributed by atoms with E-state index in [1.807, 2.05) is 0 Å². The number of aromatic hydroxyl groups is 1. The number of carboxylic acids is 1. The van der Waals surface area contributed by atoms with Crippen molar-refractivity contribution in [2.24, 2.45) is 0 Å². The molecule has 1 aliphatic rings. The molecule has 5 nitrogen and oxygen atoms in total. The monoisotopic (exact) mass is 265 g/mol. The summed E-state index contributed by atoms with van der Waals surface area (Å²) in [7, 11) is 0. The summed E-state index contributed by atoms with van der Waals surface area (Å²) in [6, 6.07) is 5.52. The predicted molar refractivity (Wildman–Crippen MR) is 69.9 cm³/mol. The summed E-state index contributed by atoms with van der Waals surface area (Å²) in [5.74, 6) is -0.814. The van der Waals surface area contributed by atoms with Crippen LogP contribution in [0.25, 0.3) is 0 Å². The van der Waals surface area contributed by atoms with Crippen molar-refractivity contribution < 1.29 is 20.1 Å². The second-order valence-electron chi connectivity index (χ2n) is 5.03. The van der Waals surface area contributed by atoms with E-state index < -0.39 is 12.0 Å². The third kappa shape index (κ3) is 3.68. The molecule has 0 radical (unpaired) electrons. The summed E-state index contributed by atoms with van der Waals surface area (Å²) in [4.78, 5) is 11.3. The molecule has 0 bridgehead atoms. The number of aliphatic hydroxyl groups excluding tert-OH is 1. The summed E-state index contributed by atoms with van der Waals surface area (Å²) in [5, 5.41) is 31.1. The predicted octanol–water partition coefficient (Wildman–Crippen LogP) is 1.41. The normalized spacial score (nSPS) is 24.9. The molecular formula is C14H19NO4. The number of carbonyl (C=O) groups is 1. The number of carboxylic acid groups (broad SMARTS) is 1. The SMILES string of the molecule is O=C(O)C(NC1CCC(O)CC1)c1ccc(O)cc1. The van der Waals surface area contributed by atoms with Gasteiger partial charge in [0.1, 0.15) is 11.8 Å². The Labute approximate surface area is 111 Å². The quantitative estimate of drug-likeness (QED) is 0.661. The molecule has 1 aliphatic carbocycles. The molecule has 0 aromatic heterocycles. The summed E-state index contributed by atoms with van der Waals surface area (Å²) in [6.07, 6.45) is 2.72. The molecule has 1 saturated carbocycles. The number of rotatable bonds is 4. The molecule has 0 aliphatic heterocycles. The Morgan fingerprint density at radius 3 is 2.26 bits per heavy atom.